The summed E-state index contributed by atoms with van der Waals surface area (Å²) in [5.74, 6) is -12.2. The number of rotatable bonds is 11. The molecule has 2 heterocycles. The molecule has 0 bridgehead atoms. The normalized spacial score (nSPS) is 15.8. The number of nitrogens with zero attached hydrogens (tertiary/aromatic N) is 2. The molecule has 3 rings (SSSR count). The second-order valence-electron chi connectivity index (χ2n) is 7.88. The van der Waals surface area contributed by atoms with E-state index in [2.05, 4.69) is 10.1 Å². The number of halogens is 4. The number of carbonyl (C=O) groups is 3. The molecule has 1 aliphatic rings. The minimum atomic E-state index is -3.65. The molecule has 2 aromatic rings. The van der Waals surface area contributed by atoms with E-state index in [1.807, 2.05) is 0 Å². The first-order valence-corrected chi connectivity index (χ1v) is 13.0. The van der Waals surface area contributed by atoms with Crippen LogP contribution in [0.4, 0.5) is 17.6 Å². The molecule has 0 unspecified atom stereocenters. The van der Waals surface area contributed by atoms with Gasteiger partial charge in [-0.05, 0) is 11.4 Å². The topological polar surface area (TPSA) is 133 Å². The standard InChI is InChI=1S/C21H21F4N3O7S2/c22-12-8-13(23)20(25)21(19(12)24)35-11-15(29)14(9-17(31)32)26-16(30)10-27-3-5-28(6-4-27)37(33,34)18-2-1-7-36-18/h1-2,7-8,14H,3-6,9-11H2,(H,26,30)(H,31,32)/t14-/m0/s1. The highest BCUT2D eigenvalue weighted by Crippen LogP contribution is 2.26. The highest BCUT2D eigenvalue weighted by molar-refractivity contribution is 7.91. The summed E-state index contributed by atoms with van der Waals surface area (Å²) in [6.07, 6.45) is -0.900. The van der Waals surface area contributed by atoms with Crippen LogP contribution in [0.25, 0.3) is 0 Å². The number of amides is 1. The lowest BCUT2D eigenvalue weighted by atomic mass is 10.1. The first kappa shape index (κ1) is 28.5. The van der Waals surface area contributed by atoms with E-state index in [0.717, 1.165) is 11.3 Å². The molecule has 0 saturated carbocycles. The molecule has 1 atom stereocenters. The highest BCUT2D eigenvalue weighted by atomic mass is 32.2. The van der Waals surface area contributed by atoms with Crippen molar-refractivity contribution in [3.8, 4) is 5.75 Å². The van der Waals surface area contributed by atoms with E-state index in [1.54, 1.807) is 16.3 Å². The zero-order valence-electron chi connectivity index (χ0n) is 19.0. The predicted molar refractivity (Wildman–Crippen MR) is 120 cm³/mol. The molecule has 1 aliphatic heterocycles. The Kier molecular flexibility index (Phi) is 9.22. The Labute approximate surface area is 212 Å². The summed E-state index contributed by atoms with van der Waals surface area (Å²) >= 11 is 1.08. The smallest absolute Gasteiger partial charge is 0.305 e. The van der Waals surface area contributed by atoms with Crippen LogP contribution in [0.5, 0.6) is 5.75 Å². The summed E-state index contributed by atoms with van der Waals surface area (Å²) in [6, 6.07) is 1.37. The fourth-order valence-electron chi connectivity index (χ4n) is 3.45. The molecule has 0 aliphatic carbocycles. The van der Waals surface area contributed by atoms with Gasteiger partial charge in [0.1, 0.15) is 16.9 Å². The molecule has 1 saturated heterocycles. The maximum atomic E-state index is 13.7. The first-order chi connectivity index (χ1) is 17.4. The van der Waals surface area contributed by atoms with Crippen molar-refractivity contribution in [2.24, 2.45) is 0 Å². The number of aliphatic carboxylic acids is 1. The van der Waals surface area contributed by atoms with Crippen molar-refractivity contribution in [1.29, 1.82) is 0 Å². The number of carboxylic acid groups (broad SMARTS) is 1. The summed E-state index contributed by atoms with van der Waals surface area (Å²) in [6.45, 7) is -0.922. The van der Waals surface area contributed by atoms with E-state index in [0.29, 0.717) is 0 Å². The molecule has 0 spiro atoms. The van der Waals surface area contributed by atoms with Gasteiger partial charge in [-0.2, -0.15) is 13.1 Å². The van der Waals surface area contributed by atoms with E-state index in [-0.39, 0.29) is 43.0 Å². The summed E-state index contributed by atoms with van der Waals surface area (Å²) in [4.78, 5) is 37.6. The molecule has 1 amide bonds. The lowest BCUT2D eigenvalue weighted by molar-refractivity contribution is -0.140. The third kappa shape index (κ3) is 7.03. The van der Waals surface area contributed by atoms with E-state index in [4.69, 9.17) is 5.11 Å². The zero-order valence-corrected chi connectivity index (χ0v) is 20.6. The summed E-state index contributed by atoms with van der Waals surface area (Å²) in [7, 11) is -3.65. The van der Waals surface area contributed by atoms with Gasteiger partial charge in [-0.15, -0.1) is 11.3 Å². The van der Waals surface area contributed by atoms with E-state index in [9.17, 15) is 40.4 Å². The van der Waals surface area contributed by atoms with E-state index < -0.39 is 75.8 Å². The van der Waals surface area contributed by atoms with Gasteiger partial charge in [0.05, 0.1) is 13.0 Å². The minimum Gasteiger partial charge on any atom is -0.481 e. The molecule has 1 aromatic heterocycles. The number of carboxylic acids is 1. The Morgan fingerprint density at radius 3 is 2.24 bits per heavy atom. The number of ketones is 1. The quantitative estimate of drug-likeness (QED) is 0.306. The van der Waals surface area contributed by atoms with Gasteiger partial charge in [0.15, 0.2) is 23.2 Å². The number of ether oxygens (including phenoxy) is 1. The molecule has 2 N–H and O–H groups in total. The molecule has 37 heavy (non-hydrogen) atoms. The molecule has 202 valence electrons. The number of Topliss-reactive ketones (excluding diaryl/α,β-unsaturated/α-hetero) is 1. The fraction of sp³-hybridized carbons (Fsp3) is 0.381. The van der Waals surface area contributed by atoms with Crippen LogP contribution in [0.2, 0.25) is 0 Å². The Morgan fingerprint density at radius 2 is 1.70 bits per heavy atom. The lowest BCUT2D eigenvalue weighted by Crippen LogP contribution is -2.53. The SMILES string of the molecule is O=C(O)C[C@H](NC(=O)CN1CCN(S(=O)(=O)c2cccs2)CC1)C(=O)COc1c(F)c(F)cc(F)c1F. The van der Waals surface area contributed by atoms with Gasteiger partial charge in [-0.1, -0.05) is 6.07 Å². The summed E-state index contributed by atoms with van der Waals surface area (Å²) < 4.78 is 85.3. The molecule has 0 radical (unpaired) electrons. The van der Waals surface area contributed by atoms with Gasteiger partial charge < -0.3 is 15.2 Å². The number of hydrogen-bond donors (Lipinski definition) is 2. The number of hydrogen-bond acceptors (Lipinski definition) is 8. The van der Waals surface area contributed by atoms with Crippen LogP contribution in [-0.4, -0.2) is 85.8 Å². The number of piperazine rings is 1. The van der Waals surface area contributed by atoms with Crippen molar-refractivity contribution in [3.05, 3.63) is 46.8 Å². The second kappa shape index (κ2) is 12.0. The first-order valence-electron chi connectivity index (χ1n) is 10.7. The van der Waals surface area contributed by atoms with Gasteiger partial charge in [0.25, 0.3) is 10.0 Å². The van der Waals surface area contributed by atoms with Gasteiger partial charge in [0, 0.05) is 32.2 Å². The number of benzene rings is 1. The average molecular weight is 568 g/mol. The van der Waals surface area contributed by atoms with Crippen LogP contribution in [0, 0.1) is 23.3 Å². The largest absolute Gasteiger partial charge is 0.481 e. The monoisotopic (exact) mass is 567 g/mol. The second-order valence-corrected chi connectivity index (χ2v) is 11.0. The highest BCUT2D eigenvalue weighted by Gasteiger charge is 2.31. The predicted octanol–water partition coefficient (Wildman–Crippen LogP) is 1.22. The van der Waals surface area contributed by atoms with Gasteiger partial charge in [-0.3, -0.25) is 19.3 Å². The third-order valence-electron chi connectivity index (χ3n) is 5.32. The van der Waals surface area contributed by atoms with Gasteiger partial charge >= 0.3 is 5.97 Å². The maximum absolute atomic E-state index is 13.7. The molecule has 10 nitrogen and oxygen atoms in total. The van der Waals surface area contributed by atoms with E-state index >= 15 is 0 Å². The average Bonchev–Trinajstić information content (AvgIpc) is 3.38. The molecular formula is C21H21F4N3O7S2. The van der Waals surface area contributed by atoms with Gasteiger partial charge in [0.2, 0.25) is 17.5 Å². The van der Waals surface area contributed by atoms with Crippen molar-refractivity contribution < 1.29 is 50.2 Å². The fourth-order valence-corrected chi connectivity index (χ4v) is 6.02. The van der Waals surface area contributed by atoms with Crippen molar-refractivity contribution >= 4 is 39.0 Å². The van der Waals surface area contributed by atoms with Crippen LogP contribution in [0.15, 0.2) is 27.8 Å². The van der Waals surface area contributed by atoms with Crippen molar-refractivity contribution in [3.63, 3.8) is 0 Å². The van der Waals surface area contributed by atoms with E-state index in [1.165, 1.54) is 10.4 Å². The van der Waals surface area contributed by atoms with Crippen LogP contribution in [0.3, 0.4) is 0 Å². The zero-order chi connectivity index (χ0) is 27.3. The molecule has 16 heteroatoms. The number of nitrogens with one attached hydrogen (secondary N) is 1. The Bertz CT molecular complexity index is 1240. The maximum Gasteiger partial charge on any atom is 0.305 e. The van der Waals surface area contributed by atoms with Crippen LogP contribution in [-0.2, 0) is 24.4 Å². The number of thiophene rings is 1. The third-order valence-corrected chi connectivity index (χ3v) is 8.59. The molecular weight excluding hydrogens is 546 g/mol. The van der Waals surface area contributed by atoms with Crippen LogP contribution < -0.4 is 10.1 Å². The Balaban J connectivity index is 1.56. The number of sulfonamides is 1. The Hall–Kier alpha value is -3.08. The van der Waals surface area contributed by atoms with Crippen molar-refractivity contribution in [1.82, 2.24) is 14.5 Å². The van der Waals surface area contributed by atoms with Crippen LogP contribution >= 0.6 is 11.3 Å². The van der Waals surface area contributed by atoms with Crippen molar-refractivity contribution in [2.75, 3.05) is 39.3 Å². The molecule has 1 aromatic carbocycles. The Morgan fingerprint density at radius 1 is 1.08 bits per heavy atom. The summed E-state index contributed by atoms with van der Waals surface area (Å²) in [5.41, 5.74) is 0. The van der Waals surface area contributed by atoms with Gasteiger partial charge in [-0.25, -0.2) is 17.2 Å². The number of carbonyl (C=O) groups excluding carboxylic acids is 2. The van der Waals surface area contributed by atoms with Crippen molar-refractivity contribution in [2.45, 2.75) is 16.7 Å². The minimum absolute atomic E-state index is 0.0514. The van der Waals surface area contributed by atoms with Crippen LogP contribution in [0.1, 0.15) is 6.42 Å². The summed E-state index contributed by atoms with van der Waals surface area (Å²) in [5, 5.41) is 12.9. The lowest BCUT2D eigenvalue weighted by Gasteiger charge is -2.33. The molecule has 1 fully saturated rings.